The number of carboxylic acid groups (broad SMARTS) is 1. The molecule has 0 aliphatic carbocycles. The first-order valence-electron chi connectivity index (χ1n) is 5.18. The van der Waals surface area contributed by atoms with E-state index in [4.69, 9.17) is 4.74 Å². The maximum Gasteiger partial charge on any atom is 0.339 e. The topological polar surface area (TPSA) is 66.4 Å². The number of aromatic carboxylic acids is 1. The van der Waals surface area contributed by atoms with E-state index in [0.717, 1.165) is 0 Å². The number of hydrogen-bond donors (Lipinski definition) is 0. The van der Waals surface area contributed by atoms with Gasteiger partial charge < -0.3 is 14.6 Å². The zero-order chi connectivity index (χ0) is 12.8. The minimum atomic E-state index is -1.39. The molecule has 0 radical (unpaired) electrons. The molecule has 1 atom stereocenters. The molecule has 1 aromatic carbocycles. The maximum absolute atomic E-state index is 11.7. The van der Waals surface area contributed by atoms with Crippen LogP contribution >= 0.6 is 0 Å². The van der Waals surface area contributed by atoms with Crippen molar-refractivity contribution in [2.75, 3.05) is 0 Å². The van der Waals surface area contributed by atoms with Gasteiger partial charge in [0.25, 0.3) is 0 Å². The summed E-state index contributed by atoms with van der Waals surface area (Å²) in [4.78, 5) is 22.5. The van der Waals surface area contributed by atoms with Crippen molar-refractivity contribution in [1.82, 2.24) is 0 Å². The van der Waals surface area contributed by atoms with E-state index in [2.05, 4.69) is 6.58 Å². The fourth-order valence-electron chi connectivity index (χ4n) is 1.37. The Morgan fingerprint density at radius 3 is 2.53 bits per heavy atom. The van der Waals surface area contributed by atoms with Crippen LogP contribution in [-0.4, -0.2) is 18.0 Å². The summed E-state index contributed by atoms with van der Waals surface area (Å²) in [7, 11) is 0. The molecule has 1 rings (SSSR count). The molecule has 4 heteroatoms. The molecule has 0 N–H and O–H groups in total. The van der Waals surface area contributed by atoms with Crippen molar-refractivity contribution in [2.24, 2.45) is 0 Å². The molecule has 0 aliphatic rings. The minimum Gasteiger partial charge on any atom is -0.545 e. The average Bonchev–Trinajstić information content (AvgIpc) is 2.29. The molecule has 1 unspecified atom stereocenters. The Morgan fingerprint density at radius 2 is 2.00 bits per heavy atom. The van der Waals surface area contributed by atoms with Gasteiger partial charge in [-0.15, -0.1) is 6.58 Å². The van der Waals surface area contributed by atoms with Gasteiger partial charge in [0.1, 0.15) is 6.10 Å². The zero-order valence-electron chi connectivity index (χ0n) is 9.51. The Morgan fingerprint density at radius 1 is 1.41 bits per heavy atom. The highest BCUT2D eigenvalue weighted by atomic mass is 16.5. The first kappa shape index (κ1) is 13.0. The van der Waals surface area contributed by atoms with Crippen molar-refractivity contribution in [1.29, 1.82) is 0 Å². The van der Waals surface area contributed by atoms with Crippen LogP contribution in [-0.2, 0) is 4.74 Å². The van der Waals surface area contributed by atoms with Gasteiger partial charge in [-0.2, -0.15) is 0 Å². The standard InChI is InChI=1S/C13H14O4/c1-3-6-9(2)17-13(16)11-8-5-4-7-10(11)12(14)15/h3-5,7-9H,1,6H2,2H3,(H,14,15)/p-1. The number of rotatable bonds is 5. The second kappa shape index (κ2) is 5.84. The van der Waals surface area contributed by atoms with Gasteiger partial charge >= 0.3 is 5.97 Å². The van der Waals surface area contributed by atoms with Crippen LogP contribution < -0.4 is 5.11 Å². The van der Waals surface area contributed by atoms with Crippen LogP contribution in [0.25, 0.3) is 0 Å². The quantitative estimate of drug-likeness (QED) is 0.565. The highest BCUT2D eigenvalue weighted by Crippen LogP contribution is 2.11. The third-order valence-corrected chi connectivity index (χ3v) is 2.17. The Balaban J connectivity index is 2.89. The lowest BCUT2D eigenvalue weighted by Crippen LogP contribution is -2.26. The first-order valence-corrected chi connectivity index (χ1v) is 5.18. The van der Waals surface area contributed by atoms with Gasteiger partial charge in [0.15, 0.2) is 0 Å². The van der Waals surface area contributed by atoms with E-state index < -0.39 is 11.9 Å². The van der Waals surface area contributed by atoms with Crippen LogP contribution in [0.15, 0.2) is 36.9 Å². The van der Waals surface area contributed by atoms with Gasteiger partial charge in [0.2, 0.25) is 0 Å². The molecule has 0 aromatic heterocycles. The van der Waals surface area contributed by atoms with Crippen molar-refractivity contribution in [3.8, 4) is 0 Å². The van der Waals surface area contributed by atoms with E-state index in [0.29, 0.717) is 6.42 Å². The van der Waals surface area contributed by atoms with Crippen molar-refractivity contribution in [3.63, 3.8) is 0 Å². The number of benzene rings is 1. The van der Waals surface area contributed by atoms with Gasteiger partial charge in [0, 0.05) is 12.0 Å². The van der Waals surface area contributed by atoms with E-state index in [1.807, 2.05) is 0 Å². The summed E-state index contributed by atoms with van der Waals surface area (Å²) in [5.74, 6) is -2.06. The summed E-state index contributed by atoms with van der Waals surface area (Å²) in [6, 6.07) is 5.80. The predicted molar refractivity (Wildman–Crippen MR) is 60.5 cm³/mol. The third kappa shape index (κ3) is 3.45. The fourth-order valence-corrected chi connectivity index (χ4v) is 1.37. The number of carboxylic acids is 1. The third-order valence-electron chi connectivity index (χ3n) is 2.17. The van der Waals surface area contributed by atoms with Crippen LogP contribution in [0.4, 0.5) is 0 Å². The molecule has 0 bridgehead atoms. The number of esters is 1. The molecule has 0 saturated carbocycles. The molecule has 90 valence electrons. The lowest BCUT2D eigenvalue weighted by Gasteiger charge is -2.13. The monoisotopic (exact) mass is 233 g/mol. The second-order valence-electron chi connectivity index (χ2n) is 3.57. The average molecular weight is 233 g/mol. The molecule has 4 nitrogen and oxygen atoms in total. The Hall–Kier alpha value is -2.10. The second-order valence-corrected chi connectivity index (χ2v) is 3.57. The Kier molecular flexibility index (Phi) is 4.46. The molecule has 0 heterocycles. The molecule has 17 heavy (non-hydrogen) atoms. The SMILES string of the molecule is C=CCC(C)OC(=O)c1ccccc1C(=O)[O-]. The summed E-state index contributed by atoms with van der Waals surface area (Å²) in [5, 5.41) is 10.8. The van der Waals surface area contributed by atoms with Crippen LogP contribution in [0.5, 0.6) is 0 Å². The summed E-state index contributed by atoms with van der Waals surface area (Å²) in [6.45, 7) is 5.24. The van der Waals surface area contributed by atoms with Gasteiger partial charge in [-0.3, -0.25) is 0 Å². The van der Waals surface area contributed by atoms with Crippen LogP contribution in [0.3, 0.4) is 0 Å². The van der Waals surface area contributed by atoms with E-state index in [1.165, 1.54) is 18.2 Å². The van der Waals surface area contributed by atoms with Crippen molar-refractivity contribution < 1.29 is 19.4 Å². The van der Waals surface area contributed by atoms with Gasteiger partial charge in [-0.25, -0.2) is 4.79 Å². The first-order chi connectivity index (χ1) is 8.06. The smallest absolute Gasteiger partial charge is 0.339 e. The van der Waals surface area contributed by atoms with Crippen LogP contribution in [0, 0.1) is 0 Å². The summed E-state index contributed by atoms with van der Waals surface area (Å²) in [5.41, 5.74) is -0.160. The lowest BCUT2D eigenvalue weighted by molar-refractivity contribution is -0.255. The fraction of sp³-hybridized carbons (Fsp3) is 0.231. The van der Waals surface area contributed by atoms with Crippen molar-refractivity contribution >= 4 is 11.9 Å². The highest BCUT2D eigenvalue weighted by Gasteiger charge is 2.15. The largest absolute Gasteiger partial charge is 0.545 e. The highest BCUT2D eigenvalue weighted by molar-refractivity contribution is 6.01. The molecule has 0 fully saturated rings. The van der Waals surface area contributed by atoms with Gasteiger partial charge in [0.05, 0.1) is 11.5 Å². The normalized spacial score (nSPS) is 11.6. The summed E-state index contributed by atoms with van der Waals surface area (Å²) in [6.07, 6.45) is 1.80. The van der Waals surface area contributed by atoms with E-state index >= 15 is 0 Å². The minimum absolute atomic E-state index is 0.00316. The molecule has 1 aromatic rings. The van der Waals surface area contributed by atoms with E-state index in [1.54, 1.807) is 19.1 Å². The van der Waals surface area contributed by atoms with Gasteiger partial charge in [-0.1, -0.05) is 24.3 Å². The molecule has 0 spiro atoms. The molecular formula is C13H13O4-. The summed E-state index contributed by atoms with van der Waals surface area (Å²) >= 11 is 0. The zero-order valence-corrected chi connectivity index (χ0v) is 9.51. The molecule has 0 amide bonds. The number of hydrogen-bond acceptors (Lipinski definition) is 4. The predicted octanol–water partition coefficient (Wildman–Crippen LogP) is 1.17. The molecular weight excluding hydrogens is 220 g/mol. The molecule has 0 aliphatic heterocycles. The van der Waals surface area contributed by atoms with Crippen molar-refractivity contribution in [3.05, 3.63) is 48.0 Å². The number of ether oxygens (including phenoxy) is 1. The van der Waals surface area contributed by atoms with Crippen LogP contribution in [0.2, 0.25) is 0 Å². The lowest BCUT2D eigenvalue weighted by atomic mass is 10.1. The Labute approximate surface area is 99.5 Å². The van der Waals surface area contributed by atoms with Crippen LogP contribution in [0.1, 0.15) is 34.1 Å². The maximum atomic E-state index is 11.7. The summed E-state index contributed by atoms with van der Waals surface area (Å²) < 4.78 is 5.07. The number of carbonyl (C=O) groups excluding carboxylic acids is 2. The van der Waals surface area contributed by atoms with E-state index in [-0.39, 0.29) is 17.2 Å². The number of carbonyl (C=O) groups is 2. The molecule has 0 saturated heterocycles. The van der Waals surface area contributed by atoms with E-state index in [9.17, 15) is 14.7 Å². The Bertz CT molecular complexity index is 437. The van der Waals surface area contributed by atoms with Gasteiger partial charge in [-0.05, 0) is 13.0 Å². The van der Waals surface area contributed by atoms with Crippen molar-refractivity contribution in [2.45, 2.75) is 19.4 Å².